The molecule has 0 radical (unpaired) electrons. The van der Waals surface area contributed by atoms with Gasteiger partial charge in [-0.15, -0.1) is 15.3 Å². The highest BCUT2D eigenvalue weighted by Gasteiger charge is 2.20. The molecule has 6 N–H and O–H groups in total. The Kier molecular flexibility index (Phi) is 9.84. The monoisotopic (exact) mass is 839 g/mol. The lowest BCUT2D eigenvalue weighted by Crippen LogP contribution is -2.00. The molecule has 0 aliphatic rings. The molecule has 0 saturated carbocycles. The van der Waals surface area contributed by atoms with Gasteiger partial charge >= 0.3 is 0 Å². The number of rotatable bonds is 9. The van der Waals surface area contributed by atoms with Gasteiger partial charge in [0, 0.05) is 32.9 Å². The highest BCUT2D eigenvalue weighted by Crippen LogP contribution is 2.45. The topological polar surface area (TPSA) is 338 Å². The molecule has 58 heavy (non-hydrogen) atoms. The lowest BCUT2D eigenvalue weighted by molar-refractivity contribution is 0.457. The molecule has 294 valence electrons. The van der Waals surface area contributed by atoms with Crippen LogP contribution in [0.25, 0.3) is 32.3 Å². The van der Waals surface area contributed by atoms with E-state index in [9.17, 15) is 49.1 Å². The predicted molar refractivity (Wildman–Crippen MR) is 207 cm³/mol. The predicted octanol–water partition coefficient (Wildman–Crippen LogP) is 7.68. The minimum absolute atomic E-state index is 0.0474. The zero-order valence-corrected chi connectivity index (χ0v) is 31.4. The van der Waals surface area contributed by atoms with Crippen LogP contribution in [0.4, 0.5) is 45.5 Å². The van der Waals surface area contributed by atoms with Gasteiger partial charge in [-0.25, -0.2) is 25.3 Å². The maximum absolute atomic E-state index is 12.3. The van der Waals surface area contributed by atoms with Crippen molar-refractivity contribution in [3.05, 3.63) is 103 Å². The number of hydrogen-bond donors (Lipinski definition) is 4. The molecule has 7 aromatic carbocycles. The molecule has 0 heterocycles. The summed E-state index contributed by atoms with van der Waals surface area (Å²) < 4.78 is 108. The lowest BCUT2D eigenvalue weighted by Gasteiger charge is -2.14. The van der Waals surface area contributed by atoms with E-state index in [4.69, 9.17) is 11.5 Å². The number of fused-ring (bicyclic) bond motifs is 3. The van der Waals surface area contributed by atoms with Gasteiger partial charge in [-0.05, 0) is 95.7 Å². The van der Waals surface area contributed by atoms with Gasteiger partial charge in [0.05, 0.1) is 37.4 Å². The number of anilines is 2. The van der Waals surface area contributed by atoms with Crippen molar-refractivity contribution in [3.63, 3.8) is 0 Å². The molecule has 0 aliphatic carbocycles. The van der Waals surface area contributed by atoms with Crippen molar-refractivity contribution in [2.75, 3.05) is 11.5 Å². The summed E-state index contributed by atoms with van der Waals surface area (Å²) in [6.07, 6.45) is 0. The third-order valence-corrected chi connectivity index (χ3v) is 11.1. The molecule has 7 aromatic rings. The largest absolute Gasteiger partial charge is 0.744 e. The van der Waals surface area contributed by atoms with E-state index in [-0.39, 0.29) is 55.4 Å². The van der Waals surface area contributed by atoms with Crippen molar-refractivity contribution >= 4 is 108 Å². The van der Waals surface area contributed by atoms with Crippen molar-refractivity contribution in [1.29, 1.82) is 0 Å². The number of azo groups is 3. The number of nitrogen functional groups attached to an aromatic ring is 2. The summed E-state index contributed by atoms with van der Waals surface area (Å²) >= 11 is 0. The first kappa shape index (κ1) is 39.3. The first-order chi connectivity index (χ1) is 27.3. The average molecular weight is 840 g/mol. The van der Waals surface area contributed by atoms with E-state index in [0.717, 1.165) is 24.3 Å². The smallest absolute Gasteiger partial charge is 0.152 e. The van der Waals surface area contributed by atoms with E-state index in [1.165, 1.54) is 78.9 Å². The van der Waals surface area contributed by atoms with Crippen molar-refractivity contribution < 1.29 is 49.1 Å². The molecule has 0 amide bonds. The molecule has 0 fully saturated rings. The zero-order chi connectivity index (χ0) is 41.7. The minimum atomic E-state index is -5.24. The molecular weight excluding hydrogens is 817 g/mol. The Morgan fingerprint density at radius 3 is 1.50 bits per heavy atom. The summed E-state index contributed by atoms with van der Waals surface area (Å²) in [7, 11) is -15.2. The summed E-state index contributed by atoms with van der Waals surface area (Å²) in [4.78, 5) is -2.26. The second-order valence-electron chi connectivity index (χ2n) is 12.4. The van der Waals surface area contributed by atoms with Crippen LogP contribution in [0.1, 0.15) is 0 Å². The van der Waals surface area contributed by atoms with E-state index < -0.39 is 67.9 Å². The van der Waals surface area contributed by atoms with Gasteiger partial charge in [0.25, 0.3) is 0 Å². The molecule has 0 aromatic heterocycles. The summed E-state index contributed by atoms with van der Waals surface area (Å²) in [6, 6.07) is 22.2. The normalized spacial score (nSPS) is 12.9. The van der Waals surface area contributed by atoms with Crippen LogP contribution in [0, 0.1) is 0 Å². The standard InChI is InChI=1S/C36H26N8O11S3/c37-20-3-1-18-13-31(57(50,51)52)33(35(45)26(18)15-20)44-41-23-4-2-19-14-32(58(53,54)55)34(36(46)27(19)16-23)43-40-22-7-5-21(6-8-22)39-42-30-12-11-29(38)25-10-9-24(17-28(25)30)56(47,48)49/h1-17,45-46H,37-38H2,(H,47,48,49)(H,50,51,52)(H,53,54,55)/p-3. The van der Waals surface area contributed by atoms with E-state index in [0.29, 0.717) is 11.1 Å². The van der Waals surface area contributed by atoms with E-state index >= 15 is 0 Å². The third kappa shape index (κ3) is 7.86. The quantitative estimate of drug-likeness (QED) is 0.0616. The Balaban J connectivity index is 1.21. The number of benzene rings is 7. The van der Waals surface area contributed by atoms with E-state index in [1.54, 1.807) is 0 Å². The first-order valence-electron chi connectivity index (χ1n) is 16.2. The van der Waals surface area contributed by atoms with Gasteiger partial charge in [-0.1, -0.05) is 18.2 Å². The highest BCUT2D eigenvalue weighted by atomic mass is 32.2. The molecule has 0 saturated heterocycles. The lowest BCUT2D eigenvalue weighted by atomic mass is 10.1. The van der Waals surface area contributed by atoms with Crippen molar-refractivity contribution in [2.24, 2.45) is 30.7 Å². The molecule has 19 nitrogen and oxygen atoms in total. The van der Waals surface area contributed by atoms with Gasteiger partial charge in [-0.3, -0.25) is 0 Å². The van der Waals surface area contributed by atoms with E-state index in [1.807, 2.05) is 0 Å². The van der Waals surface area contributed by atoms with Gasteiger partial charge in [-0.2, -0.15) is 15.3 Å². The van der Waals surface area contributed by atoms with Crippen LogP contribution in [0.5, 0.6) is 11.5 Å². The van der Waals surface area contributed by atoms with Gasteiger partial charge in [0.2, 0.25) is 0 Å². The van der Waals surface area contributed by atoms with Crippen LogP contribution in [-0.4, -0.2) is 49.1 Å². The average Bonchev–Trinajstić information content (AvgIpc) is 3.16. The number of phenols is 2. The minimum Gasteiger partial charge on any atom is -0.744 e. The van der Waals surface area contributed by atoms with E-state index in [2.05, 4.69) is 30.7 Å². The van der Waals surface area contributed by atoms with Crippen LogP contribution in [0.2, 0.25) is 0 Å². The number of nitrogens with zero attached hydrogens (tertiary/aromatic N) is 6. The van der Waals surface area contributed by atoms with Crippen LogP contribution >= 0.6 is 0 Å². The first-order valence-corrected chi connectivity index (χ1v) is 20.4. The van der Waals surface area contributed by atoms with Gasteiger partial charge in [0.15, 0.2) is 11.5 Å². The molecule has 0 bridgehead atoms. The third-order valence-electron chi connectivity index (χ3n) is 8.59. The Hall–Kier alpha value is -6.95. The SMILES string of the molecule is Nc1ccc2cc(S(=O)(=O)[O-])c(N=Nc3ccc4cc(S(=O)(=O)[O-])c(N=Nc5ccc(N=Nc6ccc(N)c7ccc(S(=O)(=O)[O-])cc67)cc5)c(O)c4c3)c(O)c2c1. The Bertz CT molecular complexity index is 3300. The second-order valence-corrected chi connectivity index (χ2v) is 16.5. The Morgan fingerprint density at radius 2 is 0.948 bits per heavy atom. The fourth-order valence-electron chi connectivity index (χ4n) is 5.82. The fourth-order valence-corrected chi connectivity index (χ4v) is 7.60. The van der Waals surface area contributed by atoms with Crippen LogP contribution in [-0.2, 0) is 30.4 Å². The Morgan fingerprint density at radius 1 is 0.448 bits per heavy atom. The summed E-state index contributed by atoms with van der Waals surface area (Å²) in [5, 5.41) is 46.8. The van der Waals surface area contributed by atoms with Crippen LogP contribution < -0.4 is 11.5 Å². The number of hydrogen-bond acceptors (Lipinski definition) is 19. The fraction of sp³-hybridized carbons (Fsp3) is 0. The molecule has 0 atom stereocenters. The molecule has 22 heteroatoms. The molecule has 0 spiro atoms. The molecule has 0 aliphatic heterocycles. The second kappa shape index (κ2) is 14.5. The van der Waals surface area contributed by atoms with Gasteiger partial charge in [0.1, 0.15) is 41.7 Å². The van der Waals surface area contributed by atoms with Gasteiger partial charge < -0.3 is 35.3 Å². The molecule has 0 unspecified atom stereocenters. The zero-order valence-electron chi connectivity index (χ0n) is 28.9. The summed E-state index contributed by atoms with van der Waals surface area (Å²) in [6.45, 7) is 0. The Labute approximate surface area is 327 Å². The maximum atomic E-state index is 12.3. The van der Waals surface area contributed by atoms with Crippen molar-refractivity contribution in [3.8, 4) is 11.5 Å². The maximum Gasteiger partial charge on any atom is 0.152 e. The summed E-state index contributed by atoms with van der Waals surface area (Å²) in [5.74, 6) is -1.49. The van der Waals surface area contributed by atoms with Crippen LogP contribution in [0.15, 0.2) is 149 Å². The molecule has 7 rings (SSSR count). The highest BCUT2D eigenvalue weighted by molar-refractivity contribution is 7.86. The van der Waals surface area contributed by atoms with Crippen LogP contribution in [0.3, 0.4) is 0 Å². The van der Waals surface area contributed by atoms with Crippen molar-refractivity contribution in [2.45, 2.75) is 14.7 Å². The van der Waals surface area contributed by atoms with Crippen molar-refractivity contribution in [1.82, 2.24) is 0 Å². The number of nitrogens with two attached hydrogens (primary N) is 2. The molecular formula is C36H23N8O11S3-3. The summed E-state index contributed by atoms with van der Waals surface area (Å²) in [5.41, 5.74) is 11.4. The number of aromatic hydroxyl groups is 2. The number of phenolic OH excluding ortho intramolecular Hbond substituents is 2.